The molecule has 0 aliphatic heterocycles. The van der Waals surface area contributed by atoms with Gasteiger partial charge in [-0.2, -0.15) is 4.98 Å². The molecule has 0 radical (unpaired) electrons. The number of hydrogen-bond donors (Lipinski definition) is 1. The fraction of sp³-hybridized carbons (Fsp3) is 0.273. The zero-order chi connectivity index (χ0) is 10.8. The topological polar surface area (TPSA) is 64.9 Å². The van der Waals surface area contributed by atoms with Crippen LogP contribution in [0.1, 0.15) is 28.6 Å². The second kappa shape index (κ2) is 3.82. The molecule has 0 bridgehead atoms. The van der Waals surface area contributed by atoms with Crippen molar-refractivity contribution >= 4 is 0 Å². The van der Waals surface area contributed by atoms with E-state index in [1.807, 2.05) is 19.1 Å². The van der Waals surface area contributed by atoms with Gasteiger partial charge in [0.2, 0.25) is 6.39 Å². The maximum absolute atomic E-state index is 6.03. The normalized spacial score (nSPS) is 12.7. The highest BCUT2D eigenvalue weighted by atomic mass is 16.5. The van der Waals surface area contributed by atoms with E-state index < -0.39 is 0 Å². The summed E-state index contributed by atoms with van der Waals surface area (Å²) in [4.78, 5) is 3.95. The van der Waals surface area contributed by atoms with E-state index in [9.17, 15) is 0 Å². The maximum atomic E-state index is 6.03. The Bertz CT molecular complexity index is 451. The summed E-state index contributed by atoms with van der Waals surface area (Å²) in [6, 6.07) is 5.81. The number of benzene rings is 1. The third-order valence-electron chi connectivity index (χ3n) is 2.42. The van der Waals surface area contributed by atoms with Crippen molar-refractivity contribution in [2.75, 3.05) is 0 Å². The lowest BCUT2D eigenvalue weighted by Crippen LogP contribution is -2.14. The monoisotopic (exact) mass is 203 g/mol. The molecule has 0 amide bonds. The molecule has 1 aromatic heterocycles. The fourth-order valence-corrected chi connectivity index (χ4v) is 1.63. The summed E-state index contributed by atoms with van der Waals surface area (Å²) >= 11 is 0. The summed E-state index contributed by atoms with van der Waals surface area (Å²) in [6.45, 7) is 4.08. The minimum absolute atomic E-state index is 0.315. The molecule has 1 aromatic carbocycles. The molecule has 0 saturated carbocycles. The number of nitrogens with two attached hydrogens (primary N) is 1. The number of rotatable bonds is 2. The van der Waals surface area contributed by atoms with Crippen molar-refractivity contribution in [3.05, 3.63) is 47.1 Å². The third kappa shape index (κ3) is 1.89. The molecule has 4 heteroatoms. The Labute approximate surface area is 88.1 Å². The van der Waals surface area contributed by atoms with Gasteiger partial charge in [-0.1, -0.05) is 28.9 Å². The van der Waals surface area contributed by atoms with Crippen LogP contribution in [0.3, 0.4) is 0 Å². The van der Waals surface area contributed by atoms with Gasteiger partial charge in [0, 0.05) is 0 Å². The molecule has 0 spiro atoms. The van der Waals surface area contributed by atoms with Gasteiger partial charge in [-0.15, -0.1) is 0 Å². The molecule has 2 rings (SSSR count). The molecule has 0 aliphatic rings. The average molecular weight is 203 g/mol. The van der Waals surface area contributed by atoms with Crippen molar-refractivity contribution in [3.8, 4) is 0 Å². The molecular formula is C11H13N3O. The van der Waals surface area contributed by atoms with Crippen LogP contribution < -0.4 is 5.73 Å². The van der Waals surface area contributed by atoms with E-state index in [1.165, 1.54) is 12.0 Å². The SMILES string of the molecule is Cc1ccc(C(N)c2ncon2)c(C)c1. The first kappa shape index (κ1) is 9.86. The first-order valence-corrected chi connectivity index (χ1v) is 4.77. The van der Waals surface area contributed by atoms with Crippen LogP contribution in [0.25, 0.3) is 0 Å². The highest BCUT2D eigenvalue weighted by Gasteiger charge is 2.15. The van der Waals surface area contributed by atoms with Gasteiger partial charge in [0.25, 0.3) is 0 Å². The summed E-state index contributed by atoms with van der Waals surface area (Å²) in [7, 11) is 0. The Morgan fingerprint density at radius 1 is 1.33 bits per heavy atom. The molecule has 2 aromatic rings. The highest BCUT2D eigenvalue weighted by molar-refractivity contribution is 5.35. The Balaban J connectivity index is 2.38. The van der Waals surface area contributed by atoms with Crippen LogP contribution in [-0.2, 0) is 0 Å². The second-order valence-electron chi connectivity index (χ2n) is 3.63. The van der Waals surface area contributed by atoms with Gasteiger partial charge in [0.1, 0.15) is 0 Å². The summed E-state index contributed by atoms with van der Waals surface area (Å²) < 4.78 is 4.68. The molecule has 1 unspecified atom stereocenters. The lowest BCUT2D eigenvalue weighted by Gasteiger charge is -2.11. The fourth-order valence-electron chi connectivity index (χ4n) is 1.63. The first-order valence-electron chi connectivity index (χ1n) is 4.77. The molecular weight excluding hydrogens is 190 g/mol. The molecule has 15 heavy (non-hydrogen) atoms. The van der Waals surface area contributed by atoms with E-state index in [0.29, 0.717) is 5.82 Å². The lowest BCUT2D eigenvalue weighted by molar-refractivity contribution is 0.407. The Hall–Kier alpha value is -1.68. The van der Waals surface area contributed by atoms with E-state index in [4.69, 9.17) is 5.73 Å². The molecule has 2 N–H and O–H groups in total. The van der Waals surface area contributed by atoms with Crippen molar-refractivity contribution in [1.29, 1.82) is 0 Å². The van der Waals surface area contributed by atoms with Crippen molar-refractivity contribution in [2.45, 2.75) is 19.9 Å². The Kier molecular flexibility index (Phi) is 2.51. The zero-order valence-electron chi connectivity index (χ0n) is 8.77. The van der Waals surface area contributed by atoms with Gasteiger partial charge in [-0.3, -0.25) is 0 Å². The lowest BCUT2D eigenvalue weighted by atomic mass is 9.99. The average Bonchev–Trinajstić information content (AvgIpc) is 2.69. The summed E-state index contributed by atoms with van der Waals surface area (Å²) in [5, 5.41) is 3.74. The van der Waals surface area contributed by atoms with Gasteiger partial charge in [0.05, 0.1) is 6.04 Å². The van der Waals surface area contributed by atoms with Crippen LogP contribution in [-0.4, -0.2) is 10.1 Å². The third-order valence-corrected chi connectivity index (χ3v) is 2.42. The van der Waals surface area contributed by atoms with E-state index in [0.717, 1.165) is 11.1 Å². The van der Waals surface area contributed by atoms with Crippen molar-refractivity contribution in [2.24, 2.45) is 5.73 Å². The molecule has 1 atom stereocenters. The van der Waals surface area contributed by atoms with E-state index >= 15 is 0 Å². The van der Waals surface area contributed by atoms with Gasteiger partial charge >= 0.3 is 0 Å². The largest absolute Gasteiger partial charge is 0.343 e. The number of hydrogen-bond acceptors (Lipinski definition) is 4. The highest BCUT2D eigenvalue weighted by Crippen LogP contribution is 2.20. The van der Waals surface area contributed by atoms with Crippen LogP contribution in [0.15, 0.2) is 29.1 Å². The summed E-state index contributed by atoms with van der Waals surface area (Å²) in [5.41, 5.74) is 9.42. The standard InChI is InChI=1S/C11H13N3O/c1-7-3-4-9(8(2)5-7)10(12)11-13-6-15-14-11/h3-6,10H,12H2,1-2H3. The first-order chi connectivity index (χ1) is 7.18. The Morgan fingerprint density at radius 2 is 2.13 bits per heavy atom. The van der Waals surface area contributed by atoms with Crippen LogP contribution in [0, 0.1) is 13.8 Å². The second-order valence-corrected chi connectivity index (χ2v) is 3.63. The van der Waals surface area contributed by atoms with E-state index in [-0.39, 0.29) is 6.04 Å². The number of aromatic nitrogens is 2. The van der Waals surface area contributed by atoms with Crippen LogP contribution >= 0.6 is 0 Å². The molecule has 78 valence electrons. The van der Waals surface area contributed by atoms with Crippen LogP contribution in [0.5, 0.6) is 0 Å². The van der Waals surface area contributed by atoms with Gasteiger partial charge in [-0.05, 0) is 25.0 Å². The quantitative estimate of drug-likeness (QED) is 0.807. The maximum Gasteiger partial charge on any atom is 0.213 e. The Morgan fingerprint density at radius 3 is 2.73 bits per heavy atom. The van der Waals surface area contributed by atoms with Crippen molar-refractivity contribution in [1.82, 2.24) is 10.1 Å². The van der Waals surface area contributed by atoms with E-state index in [1.54, 1.807) is 0 Å². The van der Waals surface area contributed by atoms with Crippen molar-refractivity contribution in [3.63, 3.8) is 0 Å². The molecule has 0 saturated heterocycles. The minimum atomic E-state index is -0.315. The number of nitrogens with zero attached hydrogens (tertiary/aromatic N) is 2. The number of aryl methyl sites for hydroxylation is 2. The smallest absolute Gasteiger partial charge is 0.213 e. The molecule has 0 aliphatic carbocycles. The predicted octanol–water partition coefficient (Wildman–Crippen LogP) is 1.73. The zero-order valence-corrected chi connectivity index (χ0v) is 8.77. The van der Waals surface area contributed by atoms with Crippen molar-refractivity contribution < 1.29 is 4.52 Å². The van der Waals surface area contributed by atoms with E-state index in [2.05, 4.69) is 27.7 Å². The summed E-state index contributed by atoms with van der Waals surface area (Å²) in [5.74, 6) is 0.516. The predicted molar refractivity (Wildman–Crippen MR) is 56.2 cm³/mol. The van der Waals surface area contributed by atoms with Gasteiger partial charge < -0.3 is 10.3 Å². The molecule has 1 heterocycles. The summed E-state index contributed by atoms with van der Waals surface area (Å²) in [6.07, 6.45) is 1.29. The molecule has 0 fully saturated rings. The van der Waals surface area contributed by atoms with Gasteiger partial charge in [0.15, 0.2) is 5.82 Å². The minimum Gasteiger partial charge on any atom is -0.343 e. The molecule has 4 nitrogen and oxygen atoms in total. The van der Waals surface area contributed by atoms with Gasteiger partial charge in [-0.25, -0.2) is 0 Å². The van der Waals surface area contributed by atoms with Crippen LogP contribution in [0.4, 0.5) is 0 Å². The van der Waals surface area contributed by atoms with Crippen LogP contribution in [0.2, 0.25) is 0 Å².